The van der Waals surface area contributed by atoms with Gasteiger partial charge in [-0.3, -0.25) is 0 Å². The fourth-order valence-corrected chi connectivity index (χ4v) is 2.42. The van der Waals surface area contributed by atoms with Gasteiger partial charge in [0.2, 0.25) is 0 Å². The first-order valence-electron chi connectivity index (χ1n) is 5.70. The number of hydrogen-bond donors (Lipinski definition) is 1. The van der Waals surface area contributed by atoms with Crippen LogP contribution in [-0.4, -0.2) is 5.11 Å². The van der Waals surface area contributed by atoms with Gasteiger partial charge in [-0.1, -0.05) is 40.2 Å². The number of aryl methyl sites for hydroxylation is 2. The Kier molecular flexibility index (Phi) is 3.83. The summed E-state index contributed by atoms with van der Waals surface area (Å²) in [6.45, 7) is 3.85. The zero-order valence-corrected chi connectivity index (χ0v) is 11.8. The van der Waals surface area contributed by atoms with Crippen LogP contribution in [0.25, 0.3) is 0 Å². The number of aliphatic hydroxyl groups excluding tert-OH is 1. The second kappa shape index (κ2) is 5.21. The molecule has 0 spiro atoms. The molecule has 1 N–H and O–H groups in total. The van der Waals surface area contributed by atoms with E-state index in [1.165, 1.54) is 6.07 Å². The summed E-state index contributed by atoms with van der Waals surface area (Å²) in [6, 6.07) is 10.1. The molecule has 0 saturated heterocycles. The molecule has 2 aromatic carbocycles. The molecule has 1 unspecified atom stereocenters. The van der Waals surface area contributed by atoms with Gasteiger partial charge in [-0.05, 0) is 42.7 Å². The van der Waals surface area contributed by atoms with Crippen LogP contribution in [0.15, 0.2) is 40.9 Å². The molecule has 0 radical (unpaired) electrons. The minimum atomic E-state index is -0.932. The average molecular weight is 309 g/mol. The third kappa shape index (κ3) is 2.47. The Bertz CT molecular complexity index is 581. The van der Waals surface area contributed by atoms with Crippen molar-refractivity contribution < 1.29 is 9.50 Å². The summed E-state index contributed by atoms with van der Waals surface area (Å²) in [5, 5.41) is 10.3. The van der Waals surface area contributed by atoms with Gasteiger partial charge in [0.25, 0.3) is 0 Å². The van der Waals surface area contributed by atoms with Crippen molar-refractivity contribution in [3.8, 4) is 0 Å². The van der Waals surface area contributed by atoms with E-state index in [1.54, 1.807) is 18.2 Å². The van der Waals surface area contributed by atoms with Crippen molar-refractivity contribution in [2.75, 3.05) is 0 Å². The molecule has 1 atom stereocenters. The quantitative estimate of drug-likeness (QED) is 0.877. The first kappa shape index (κ1) is 13.2. The molecule has 94 valence electrons. The van der Waals surface area contributed by atoms with Crippen LogP contribution < -0.4 is 0 Å². The second-order valence-corrected chi connectivity index (χ2v) is 5.24. The average Bonchev–Trinajstić information content (AvgIpc) is 2.33. The Morgan fingerprint density at radius 2 is 1.72 bits per heavy atom. The molecule has 0 bridgehead atoms. The van der Waals surface area contributed by atoms with Crippen LogP contribution in [0.5, 0.6) is 0 Å². The van der Waals surface area contributed by atoms with Gasteiger partial charge >= 0.3 is 0 Å². The zero-order chi connectivity index (χ0) is 13.3. The van der Waals surface area contributed by atoms with Crippen LogP contribution in [0.1, 0.15) is 28.4 Å². The Balaban J connectivity index is 2.50. The van der Waals surface area contributed by atoms with Crippen LogP contribution in [0, 0.1) is 19.7 Å². The molecule has 3 heteroatoms. The lowest BCUT2D eigenvalue weighted by molar-refractivity contribution is 0.214. The molecule has 0 aliphatic carbocycles. The fourth-order valence-electron chi connectivity index (χ4n) is 1.96. The predicted molar refractivity (Wildman–Crippen MR) is 74.1 cm³/mol. The summed E-state index contributed by atoms with van der Waals surface area (Å²) in [5.74, 6) is -0.384. The summed E-state index contributed by atoms with van der Waals surface area (Å²) in [7, 11) is 0. The molecule has 0 aliphatic heterocycles. The van der Waals surface area contributed by atoms with Gasteiger partial charge in [-0.15, -0.1) is 0 Å². The van der Waals surface area contributed by atoms with Crippen LogP contribution in [0.3, 0.4) is 0 Å². The number of benzene rings is 2. The lowest BCUT2D eigenvalue weighted by Crippen LogP contribution is -2.05. The minimum Gasteiger partial charge on any atom is -0.384 e. The van der Waals surface area contributed by atoms with E-state index < -0.39 is 6.10 Å². The maximum absolute atomic E-state index is 13.7. The molecule has 18 heavy (non-hydrogen) atoms. The van der Waals surface area contributed by atoms with Crippen molar-refractivity contribution in [1.82, 2.24) is 0 Å². The van der Waals surface area contributed by atoms with Crippen molar-refractivity contribution >= 4 is 15.9 Å². The molecule has 2 rings (SSSR count). The standard InChI is InChI=1S/C15H14BrFO/c1-9-8-13(16)10(2)7-12(9)15(18)11-5-3-4-6-14(11)17/h3-8,15,18H,1-2H3. The van der Waals surface area contributed by atoms with Crippen molar-refractivity contribution in [3.05, 3.63) is 68.9 Å². The van der Waals surface area contributed by atoms with Gasteiger partial charge in [-0.2, -0.15) is 0 Å². The first-order valence-corrected chi connectivity index (χ1v) is 6.49. The van der Waals surface area contributed by atoms with Gasteiger partial charge < -0.3 is 5.11 Å². The smallest absolute Gasteiger partial charge is 0.129 e. The second-order valence-electron chi connectivity index (χ2n) is 4.38. The van der Waals surface area contributed by atoms with Crippen molar-refractivity contribution in [3.63, 3.8) is 0 Å². The van der Waals surface area contributed by atoms with Gasteiger partial charge in [0.15, 0.2) is 0 Å². The minimum absolute atomic E-state index is 0.308. The number of aliphatic hydroxyl groups is 1. The van der Waals surface area contributed by atoms with Gasteiger partial charge in [0, 0.05) is 10.0 Å². The topological polar surface area (TPSA) is 20.2 Å². The monoisotopic (exact) mass is 308 g/mol. The van der Waals surface area contributed by atoms with Crippen LogP contribution in [0.2, 0.25) is 0 Å². The normalized spacial score (nSPS) is 12.5. The van der Waals surface area contributed by atoms with Crippen LogP contribution >= 0.6 is 15.9 Å². The van der Waals surface area contributed by atoms with Crippen molar-refractivity contribution in [1.29, 1.82) is 0 Å². The van der Waals surface area contributed by atoms with Crippen molar-refractivity contribution in [2.24, 2.45) is 0 Å². The van der Waals surface area contributed by atoms with Crippen LogP contribution in [0.4, 0.5) is 4.39 Å². The highest BCUT2D eigenvalue weighted by molar-refractivity contribution is 9.10. The lowest BCUT2D eigenvalue weighted by atomic mass is 9.95. The fraction of sp³-hybridized carbons (Fsp3) is 0.200. The Labute approximate surface area is 114 Å². The molecule has 1 nitrogen and oxygen atoms in total. The van der Waals surface area contributed by atoms with E-state index >= 15 is 0 Å². The number of rotatable bonds is 2. The van der Waals surface area contributed by atoms with E-state index in [4.69, 9.17) is 0 Å². The maximum Gasteiger partial charge on any atom is 0.129 e. The predicted octanol–water partition coefficient (Wildman–Crippen LogP) is 4.29. The Morgan fingerprint density at radius 3 is 2.39 bits per heavy atom. The molecule has 0 heterocycles. The van der Waals surface area contributed by atoms with E-state index in [9.17, 15) is 9.50 Å². The highest BCUT2D eigenvalue weighted by Crippen LogP contribution is 2.30. The van der Waals surface area contributed by atoms with E-state index in [1.807, 2.05) is 26.0 Å². The third-order valence-electron chi connectivity index (χ3n) is 3.04. The third-order valence-corrected chi connectivity index (χ3v) is 3.90. The summed E-state index contributed by atoms with van der Waals surface area (Å²) < 4.78 is 14.7. The Morgan fingerprint density at radius 1 is 1.06 bits per heavy atom. The highest BCUT2D eigenvalue weighted by Gasteiger charge is 2.17. The molecule has 0 fully saturated rings. The van der Waals surface area contributed by atoms with Crippen molar-refractivity contribution in [2.45, 2.75) is 20.0 Å². The summed E-state index contributed by atoms with van der Waals surface area (Å²) in [6.07, 6.45) is -0.932. The van der Waals surface area contributed by atoms with Gasteiger partial charge in [0.1, 0.15) is 11.9 Å². The summed E-state index contributed by atoms with van der Waals surface area (Å²) >= 11 is 3.44. The van der Waals surface area contributed by atoms with E-state index in [0.29, 0.717) is 5.56 Å². The SMILES string of the molecule is Cc1cc(C(O)c2ccccc2F)c(C)cc1Br. The summed E-state index contributed by atoms with van der Waals surface area (Å²) in [5.41, 5.74) is 3.00. The molecular formula is C15H14BrFO. The molecule has 0 amide bonds. The maximum atomic E-state index is 13.7. The lowest BCUT2D eigenvalue weighted by Gasteiger charge is -2.16. The molecule has 0 aromatic heterocycles. The summed E-state index contributed by atoms with van der Waals surface area (Å²) in [4.78, 5) is 0. The van der Waals surface area contributed by atoms with Crippen LogP contribution in [-0.2, 0) is 0 Å². The van der Waals surface area contributed by atoms with Gasteiger partial charge in [0.05, 0.1) is 0 Å². The van der Waals surface area contributed by atoms with Gasteiger partial charge in [-0.25, -0.2) is 4.39 Å². The largest absolute Gasteiger partial charge is 0.384 e. The molecule has 0 aliphatic rings. The highest BCUT2D eigenvalue weighted by atomic mass is 79.9. The van der Waals surface area contributed by atoms with E-state index in [2.05, 4.69) is 15.9 Å². The Hall–Kier alpha value is -1.19. The van der Waals surface area contributed by atoms with E-state index in [0.717, 1.165) is 21.2 Å². The molecule has 0 saturated carbocycles. The molecular weight excluding hydrogens is 295 g/mol. The van der Waals surface area contributed by atoms with E-state index in [-0.39, 0.29) is 5.82 Å². The number of hydrogen-bond acceptors (Lipinski definition) is 1. The number of halogens is 2. The molecule has 2 aromatic rings. The first-order chi connectivity index (χ1) is 8.50. The zero-order valence-electron chi connectivity index (χ0n) is 10.2.